The van der Waals surface area contributed by atoms with Crippen LogP contribution >= 0.6 is 23.2 Å². The van der Waals surface area contributed by atoms with E-state index in [-0.39, 0.29) is 17.4 Å². The third kappa shape index (κ3) is 3.40. The van der Waals surface area contributed by atoms with Crippen molar-refractivity contribution in [3.8, 4) is 5.75 Å². The molecule has 0 amide bonds. The number of hydrogen-bond donors (Lipinski definition) is 2. The van der Waals surface area contributed by atoms with Gasteiger partial charge in [-0.2, -0.15) is 0 Å². The van der Waals surface area contributed by atoms with E-state index in [9.17, 15) is 9.18 Å². The average molecular weight is 345 g/mol. The molecule has 1 aromatic heterocycles. The fraction of sp³-hybridized carbons (Fsp3) is 0.143. The number of nitrogens with zero attached hydrogens (tertiary/aromatic N) is 1. The summed E-state index contributed by atoms with van der Waals surface area (Å²) in [7, 11) is 1.54. The highest BCUT2D eigenvalue weighted by atomic mass is 35.5. The second-order valence-electron chi connectivity index (χ2n) is 4.26. The van der Waals surface area contributed by atoms with Gasteiger partial charge in [0.25, 0.3) is 0 Å². The summed E-state index contributed by atoms with van der Waals surface area (Å²) >= 11 is 11.3. The second kappa shape index (κ2) is 6.81. The van der Waals surface area contributed by atoms with Crippen LogP contribution in [-0.4, -0.2) is 23.2 Å². The maximum Gasteiger partial charge on any atom is 0.341 e. The molecule has 0 saturated carbocycles. The molecule has 2 N–H and O–H groups in total. The number of benzene rings is 1. The zero-order valence-electron chi connectivity index (χ0n) is 11.4. The maximum atomic E-state index is 14.0. The molecule has 0 radical (unpaired) electrons. The summed E-state index contributed by atoms with van der Waals surface area (Å²) in [4.78, 5) is 14.7. The Kier molecular flexibility index (Phi) is 5.05. The van der Waals surface area contributed by atoms with Crippen molar-refractivity contribution < 1.29 is 19.0 Å². The van der Waals surface area contributed by atoms with Crippen molar-refractivity contribution in [1.82, 2.24) is 4.98 Å². The minimum atomic E-state index is -1.40. The number of pyridine rings is 1. The number of anilines is 1. The van der Waals surface area contributed by atoms with Gasteiger partial charge in [0.15, 0.2) is 11.0 Å². The Balaban J connectivity index is 2.30. The van der Waals surface area contributed by atoms with Crippen LogP contribution in [-0.2, 0) is 6.54 Å². The summed E-state index contributed by atoms with van der Waals surface area (Å²) in [5.74, 6) is -1.68. The molecule has 1 heterocycles. The fourth-order valence-corrected chi connectivity index (χ4v) is 2.28. The van der Waals surface area contributed by atoms with E-state index < -0.39 is 22.5 Å². The minimum Gasteiger partial charge on any atom is -0.497 e. The number of halogens is 3. The van der Waals surface area contributed by atoms with Crippen LogP contribution < -0.4 is 10.1 Å². The lowest BCUT2D eigenvalue weighted by atomic mass is 10.2. The zero-order valence-corrected chi connectivity index (χ0v) is 12.9. The zero-order chi connectivity index (χ0) is 16.3. The van der Waals surface area contributed by atoms with Gasteiger partial charge in [-0.05, 0) is 17.7 Å². The van der Waals surface area contributed by atoms with Crippen molar-refractivity contribution in [2.24, 2.45) is 0 Å². The molecule has 0 aliphatic rings. The van der Waals surface area contributed by atoms with Crippen LogP contribution in [0.1, 0.15) is 15.9 Å². The van der Waals surface area contributed by atoms with Gasteiger partial charge in [-0.15, -0.1) is 0 Å². The van der Waals surface area contributed by atoms with Crippen LogP contribution in [0.25, 0.3) is 0 Å². The molecule has 0 aliphatic carbocycles. The first-order chi connectivity index (χ1) is 10.4. The third-order valence-electron chi connectivity index (χ3n) is 2.90. The minimum absolute atomic E-state index is 0.178. The Morgan fingerprint density at radius 1 is 1.32 bits per heavy atom. The van der Waals surface area contributed by atoms with Gasteiger partial charge < -0.3 is 15.2 Å². The van der Waals surface area contributed by atoms with Gasteiger partial charge in [-0.3, -0.25) is 0 Å². The Labute approximate surface area is 135 Å². The Morgan fingerprint density at radius 2 is 1.95 bits per heavy atom. The number of carbonyl (C=O) groups is 1. The topological polar surface area (TPSA) is 71.5 Å². The lowest BCUT2D eigenvalue weighted by molar-refractivity contribution is 0.0697. The van der Waals surface area contributed by atoms with E-state index in [1.54, 1.807) is 31.4 Å². The molecule has 0 atom stereocenters. The molecular formula is C14H11Cl2FN2O3. The molecule has 0 bridgehead atoms. The number of ether oxygens (including phenoxy) is 1. The standard InChI is InChI=1S/C14H11Cl2FN2O3/c1-22-8-4-2-7(3-5-8)6-18-11-9(14(20)21)12(15)19-13(16)10(11)17/h2-5H,6H2,1H3,(H,18,19)(H,20,21). The summed E-state index contributed by atoms with van der Waals surface area (Å²) in [6.07, 6.45) is 0. The van der Waals surface area contributed by atoms with E-state index in [1.165, 1.54) is 0 Å². The van der Waals surface area contributed by atoms with Gasteiger partial charge in [-0.1, -0.05) is 35.3 Å². The van der Waals surface area contributed by atoms with Crippen LogP contribution in [0.4, 0.5) is 10.1 Å². The number of nitrogens with one attached hydrogen (secondary N) is 1. The molecule has 2 aromatic rings. The fourth-order valence-electron chi connectivity index (χ4n) is 1.80. The van der Waals surface area contributed by atoms with E-state index in [1.807, 2.05) is 0 Å². The number of aromatic nitrogens is 1. The molecule has 22 heavy (non-hydrogen) atoms. The smallest absolute Gasteiger partial charge is 0.341 e. The van der Waals surface area contributed by atoms with Crippen molar-refractivity contribution in [2.45, 2.75) is 6.54 Å². The summed E-state index contributed by atoms with van der Waals surface area (Å²) in [5, 5.41) is 11.0. The van der Waals surface area contributed by atoms with Crippen LogP contribution in [0, 0.1) is 5.82 Å². The van der Waals surface area contributed by atoms with Crippen LogP contribution in [0.5, 0.6) is 5.75 Å². The quantitative estimate of drug-likeness (QED) is 0.806. The first kappa shape index (κ1) is 16.3. The van der Waals surface area contributed by atoms with Crippen molar-refractivity contribution in [3.05, 3.63) is 51.5 Å². The van der Waals surface area contributed by atoms with Crippen LogP contribution in [0.3, 0.4) is 0 Å². The van der Waals surface area contributed by atoms with Gasteiger partial charge >= 0.3 is 5.97 Å². The number of methoxy groups -OCH3 is 1. The summed E-state index contributed by atoms with van der Waals surface area (Å²) in [5.41, 5.74) is 0.0333. The molecule has 116 valence electrons. The van der Waals surface area contributed by atoms with Crippen LogP contribution in [0.15, 0.2) is 24.3 Å². The molecule has 1 aromatic carbocycles. The predicted molar refractivity (Wildman–Crippen MR) is 81.5 cm³/mol. The Morgan fingerprint density at radius 3 is 2.50 bits per heavy atom. The van der Waals surface area contributed by atoms with Crippen LogP contribution in [0.2, 0.25) is 10.3 Å². The molecule has 0 aliphatic heterocycles. The molecule has 0 unspecified atom stereocenters. The average Bonchev–Trinajstić information content (AvgIpc) is 2.49. The van der Waals surface area contributed by atoms with E-state index >= 15 is 0 Å². The molecule has 0 fully saturated rings. The monoisotopic (exact) mass is 344 g/mol. The van der Waals surface area contributed by atoms with Crippen molar-refractivity contribution in [1.29, 1.82) is 0 Å². The number of carboxylic acids is 1. The second-order valence-corrected chi connectivity index (χ2v) is 4.98. The van der Waals surface area contributed by atoms with E-state index in [2.05, 4.69) is 10.3 Å². The van der Waals surface area contributed by atoms with Crippen molar-refractivity contribution in [2.75, 3.05) is 12.4 Å². The van der Waals surface area contributed by atoms with Gasteiger partial charge in [0, 0.05) is 6.54 Å². The third-order valence-corrected chi connectivity index (χ3v) is 3.42. The maximum absolute atomic E-state index is 14.0. The lowest BCUT2D eigenvalue weighted by Crippen LogP contribution is -2.11. The molecule has 0 saturated heterocycles. The first-order valence-corrected chi connectivity index (χ1v) is 6.84. The number of hydrogen-bond acceptors (Lipinski definition) is 4. The molecule has 0 spiro atoms. The summed E-state index contributed by atoms with van der Waals surface area (Å²) in [6, 6.07) is 6.99. The van der Waals surface area contributed by atoms with Gasteiger partial charge in [0.05, 0.1) is 12.8 Å². The lowest BCUT2D eigenvalue weighted by Gasteiger charge is -2.12. The summed E-state index contributed by atoms with van der Waals surface area (Å²) < 4.78 is 19.1. The predicted octanol–water partition coefficient (Wildman–Crippen LogP) is 3.85. The highest BCUT2D eigenvalue weighted by molar-refractivity contribution is 6.35. The molecule has 5 nitrogen and oxygen atoms in total. The van der Waals surface area contributed by atoms with E-state index in [4.69, 9.17) is 33.0 Å². The molecule has 2 rings (SSSR count). The normalized spacial score (nSPS) is 10.4. The Bertz CT molecular complexity index is 708. The highest BCUT2D eigenvalue weighted by Crippen LogP contribution is 2.30. The van der Waals surface area contributed by atoms with Crippen molar-refractivity contribution in [3.63, 3.8) is 0 Å². The van der Waals surface area contributed by atoms with Crippen molar-refractivity contribution >= 4 is 34.9 Å². The van der Waals surface area contributed by atoms with E-state index in [0.717, 1.165) is 5.56 Å². The van der Waals surface area contributed by atoms with Gasteiger partial charge in [0.1, 0.15) is 16.5 Å². The highest BCUT2D eigenvalue weighted by Gasteiger charge is 2.23. The van der Waals surface area contributed by atoms with E-state index in [0.29, 0.717) is 5.75 Å². The largest absolute Gasteiger partial charge is 0.497 e. The number of rotatable bonds is 5. The van der Waals surface area contributed by atoms with Gasteiger partial charge in [0.2, 0.25) is 0 Å². The first-order valence-electron chi connectivity index (χ1n) is 6.08. The molecular weight excluding hydrogens is 334 g/mol. The summed E-state index contributed by atoms with van der Waals surface area (Å²) in [6.45, 7) is 0.178. The number of aromatic carboxylic acids is 1. The molecule has 8 heteroatoms. The SMILES string of the molecule is COc1ccc(CNc2c(F)c(Cl)nc(Cl)c2C(=O)O)cc1. The van der Waals surface area contributed by atoms with Gasteiger partial charge in [-0.25, -0.2) is 14.2 Å². The Hall–Kier alpha value is -2.05. The number of carboxylic acid groups (broad SMARTS) is 1.